The summed E-state index contributed by atoms with van der Waals surface area (Å²) in [5.41, 5.74) is 2.71. The van der Waals surface area contributed by atoms with Crippen LogP contribution in [0.4, 0.5) is 5.69 Å². The van der Waals surface area contributed by atoms with E-state index in [2.05, 4.69) is 65.1 Å². The molecule has 0 bridgehead atoms. The molecule has 1 aliphatic rings. The molecule has 0 aliphatic heterocycles. The number of benzene rings is 1. The monoisotopic (exact) mass is 352 g/mol. The van der Waals surface area contributed by atoms with Gasteiger partial charge in [-0.25, -0.2) is 0 Å². The van der Waals surface area contributed by atoms with Gasteiger partial charge in [-0.1, -0.05) is 39.2 Å². The average Bonchev–Trinajstić information content (AvgIpc) is 2.49. The van der Waals surface area contributed by atoms with E-state index in [4.69, 9.17) is 0 Å². The lowest BCUT2D eigenvalue weighted by Gasteiger charge is -2.36. The minimum absolute atomic E-state index is 0.526. The van der Waals surface area contributed by atoms with Crippen molar-refractivity contribution >= 4 is 21.6 Å². The Kier molecular flexibility index (Phi) is 6.56. The lowest BCUT2D eigenvalue weighted by molar-refractivity contribution is 0.418. The summed E-state index contributed by atoms with van der Waals surface area (Å²) in [6.07, 6.45) is 6.87. The highest BCUT2D eigenvalue weighted by Crippen LogP contribution is 2.33. The van der Waals surface area contributed by atoms with E-state index in [9.17, 15) is 0 Å². The summed E-state index contributed by atoms with van der Waals surface area (Å²) in [6.45, 7) is 8.67. The number of anilines is 1. The van der Waals surface area contributed by atoms with Gasteiger partial charge in [0.15, 0.2) is 0 Å². The molecule has 1 fully saturated rings. The zero-order valence-corrected chi connectivity index (χ0v) is 15.2. The van der Waals surface area contributed by atoms with E-state index >= 15 is 0 Å². The number of rotatable bonds is 6. The highest BCUT2D eigenvalue weighted by Gasteiger charge is 2.21. The second kappa shape index (κ2) is 8.19. The van der Waals surface area contributed by atoms with Gasteiger partial charge in [0.2, 0.25) is 0 Å². The molecule has 1 N–H and O–H groups in total. The molecule has 1 aromatic rings. The molecule has 0 heterocycles. The largest absolute Gasteiger partial charge is 0.368 e. The first-order valence-corrected chi connectivity index (χ1v) is 9.19. The molecule has 0 amide bonds. The van der Waals surface area contributed by atoms with E-state index in [1.807, 2.05) is 0 Å². The van der Waals surface area contributed by atoms with Crippen LogP contribution in [0.2, 0.25) is 0 Å². The molecule has 1 aromatic carbocycles. The van der Waals surface area contributed by atoms with Gasteiger partial charge in [-0.3, -0.25) is 0 Å². The summed E-state index contributed by atoms with van der Waals surface area (Å²) in [6, 6.07) is 8.08. The Morgan fingerprint density at radius 1 is 1.24 bits per heavy atom. The Morgan fingerprint density at radius 3 is 2.52 bits per heavy atom. The topological polar surface area (TPSA) is 15.3 Å². The molecule has 1 saturated carbocycles. The van der Waals surface area contributed by atoms with Gasteiger partial charge in [0, 0.05) is 29.6 Å². The third-order valence-electron chi connectivity index (χ3n) is 4.39. The Balaban J connectivity index is 2.10. The minimum Gasteiger partial charge on any atom is -0.368 e. The van der Waals surface area contributed by atoms with E-state index in [-0.39, 0.29) is 0 Å². The van der Waals surface area contributed by atoms with Gasteiger partial charge in [0.1, 0.15) is 0 Å². The third-order valence-corrected chi connectivity index (χ3v) is 5.03. The van der Waals surface area contributed by atoms with Gasteiger partial charge in [0.05, 0.1) is 5.69 Å². The summed E-state index contributed by atoms with van der Waals surface area (Å²) in [7, 11) is 0. The van der Waals surface area contributed by atoms with Crippen LogP contribution < -0.4 is 10.2 Å². The molecule has 0 radical (unpaired) electrons. The highest BCUT2D eigenvalue weighted by atomic mass is 79.9. The molecule has 118 valence electrons. The van der Waals surface area contributed by atoms with Gasteiger partial charge in [-0.15, -0.1) is 0 Å². The van der Waals surface area contributed by atoms with Crippen molar-refractivity contribution in [3.8, 4) is 0 Å². The normalized spacial score (nSPS) is 16.4. The van der Waals surface area contributed by atoms with Crippen molar-refractivity contribution in [1.29, 1.82) is 0 Å². The van der Waals surface area contributed by atoms with Crippen molar-refractivity contribution in [3.05, 3.63) is 28.2 Å². The molecule has 0 atom stereocenters. The molecule has 0 aromatic heterocycles. The van der Waals surface area contributed by atoms with Crippen LogP contribution in [0.5, 0.6) is 0 Å². The van der Waals surface area contributed by atoms with Crippen LogP contribution in [-0.4, -0.2) is 18.6 Å². The molecule has 1 aliphatic carbocycles. The lowest BCUT2D eigenvalue weighted by Crippen LogP contribution is -2.36. The quantitative estimate of drug-likeness (QED) is 0.765. The highest BCUT2D eigenvalue weighted by molar-refractivity contribution is 9.10. The number of hydrogen-bond acceptors (Lipinski definition) is 2. The standard InChI is InChI=1S/C18H29BrN2/c1-4-21(16-8-6-5-7-9-16)18-11-10-15(12-17(18)19)13-20-14(2)3/h10-12,14,16,20H,4-9,13H2,1-3H3. The van der Waals surface area contributed by atoms with Gasteiger partial charge < -0.3 is 10.2 Å². The zero-order valence-electron chi connectivity index (χ0n) is 13.7. The van der Waals surface area contributed by atoms with Crippen LogP contribution in [0.3, 0.4) is 0 Å². The molecule has 21 heavy (non-hydrogen) atoms. The van der Waals surface area contributed by atoms with Crippen LogP contribution in [0, 0.1) is 0 Å². The maximum absolute atomic E-state index is 3.79. The summed E-state index contributed by atoms with van der Waals surface area (Å²) in [5.74, 6) is 0. The van der Waals surface area contributed by atoms with Gasteiger partial charge in [-0.05, 0) is 53.4 Å². The molecule has 2 rings (SSSR count). The Labute approximate surface area is 138 Å². The van der Waals surface area contributed by atoms with Crippen molar-refractivity contribution in [2.24, 2.45) is 0 Å². The fourth-order valence-corrected chi connectivity index (χ4v) is 3.89. The fraction of sp³-hybridized carbons (Fsp3) is 0.667. The van der Waals surface area contributed by atoms with Crippen LogP contribution in [0.1, 0.15) is 58.4 Å². The number of nitrogens with one attached hydrogen (secondary N) is 1. The van der Waals surface area contributed by atoms with Gasteiger partial charge >= 0.3 is 0 Å². The van der Waals surface area contributed by atoms with E-state index in [1.54, 1.807) is 0 Å². The maximum atomic E-state index is 3.79. The second-order valence-electron chi connectivity index (χ2n) is 6.40. The van der Waals surface area contributed by atoms with Gasteiger partial charge in [0.25, 0.3) is 0 Å². The summed E-state index contributed by atoms with van der Waals surface area (Å²) in [5, 5.41) is 3.48. The van der Waals surface area contributed by atoms with Gasteiger partial charge in [-0.2, -0.15) is 0 Å². The molecule has 3 heteroatoms. The number of hydrogen-bond donors (Lipinski definition) is 1. The number of halogens is 1. The van der Waals surface area contributed by atoms with Crippen LogP contribution in [0.25, 0.3) is 0 Å². The SMILES string of the molecule is CCN(c1ccc(CNC(C)C)cc1Br)C1CCCCC1. The van der Waals surface area contributed by atoms with Crippen molar-refractivity contribution in [2.75, 3.05) is 11.4 Å². The van der Waals surface area contributed by atoms with Crippen molar-refractivity contribution < 1.29 is 0 Å². The first-order valence-electron chi connectivity index (χ1n) is 8.40. The first kappa shape index (κ1) is 16.8. The van der Waals surface area contributed by atoms with E-state index in [0.717, 1.165) is 19.1 Å². The summed E-state index contributed by atoms with van der Waals surface area (Å²) in [4.78, 5) is 2.59. The molecule has 0 spiro atoms. The predicted molar refractivity (Wildman–Crippen MR) is 96.0 cm³/mol. The van der Waals surface area contributed by atoms with E-state index in [1.165, 1.54) is 47.8 Å². The van der Waals surface area contributed by atoms with Crippen LogP contribution in [-0.2, 0) is 6.54 Å². The lowest BCUT2D eigenvalue weighted by atomic mass is 9.93. The third kappa shape index (κ3) is 4.72. The molecule has 0 saturated heterocycles. The molecule has 2 nitrogen and oxygen atoms in total. The summed E-state index contributed by atoms with van der Waals surface area (Å²) < 4.78 is 1.23. The average molecular weight is 353 g/mol. The Morgan fingerprint density at radius 2 is 1.95 bits per heavy atom. The molecular weight excluding hydrogens is 324 g/mol. The zero-order chi connectivity index (χ0) is 15.2. The molecular formula is C18H29BrN2. The van der Waals surface area contributed by atoms with Crippen molar-refractivity contribution in [2.45, 2.75) is 71.5 Å². The minimum atomic E-state index is 0.526. The summed E-state index contributed by atoms with van der Waals surface area (Å²) >= 11 is 3.79. The van der Waals surface area contributed by atoms with Crippen molar-refractivity contribution in [1.82, 2.24) is 5.32 Å². The first-order chi connectivity index (χ1) is 10.1. The Bertz CT molecular complexity index is 439. The fourth-order valence-electron chi connectivity index (χ4n) is 3.23. The van der Waals surface area contributed by atoms with E-state index < -0.39 is 0 Å². The van der Waals surface area contributed by atoms with E-state index in [0.29, 0.717) is 6.04 Å². The predicted octanol–water partition coefficient (Wildman–Crippen LogP) is 5.11. The van der Waals surface area contributed by atoms with Crippen LogP contribution >= 0.6 is 15.9 Å². The second-order valence-corrected chi connectivity index (χ2v) is 7.25. The van der Waals surface area contributed by atoms with Crippen molar-refractivity contribution in [3.63, 3.8) is 0 Å². The maximum Gasteiger partial charge on any atom is 0.0513 e. The van der Waals surface area contributed by atoms with Crippen LogP contribution in [0.15, 0.2) is 22.7 Å². The molecule has 0 unspecified atom stereocenters. The smallest absolute Gasteiger partial charge is 0.0513 e. The Hall–Kier alpha value is -0.540. The number of nitrogens with zero attached hydrogens (tertiary/aromatic N) is 1.